The van der Waals surface area contributed by atoms with Crippen LogP contribution in [0.1, 0.15) is 18.4 Å². The highest BCUT2D eigenvalue weighted by atomic mass is 35.5. The molecule has 7 nitrogen and oxygen atoms in total. The van der Waals surface area contributed by atoms with E-state index in [2.05, 4.69) is 10.0 Å². The molecule has 1 aliphatic rings. The number of halogens is 1. The zero-order valence-corrected chi connectivity index (χ0v) is 15.4. The third-order valence-corrected chi connectivity index (χ3v) is 5.88. The maximum atomic E-state index is 12.6. The van der Waals surface area contributed by atoms with Gasteiger partial charge in [-0.3, -0.25) is 4.79 Å². The van der Waals surface area contributed by atoms with Crippen LogP contribution in [-0.2, 0) is 19.6 Å². The molecule has 1 fully saturated rings. The van der Waals surface area contributed by atoms with Crippen molar-refractivity contribution in [2.75, 3.05) is 32.1 Å². The van der Waals surface area contributed by atoms with Crippen molar-refractivity contribution in [2.45, 2.75) is 24.7 Å². The van der Waals surface area contributed by atoms with Crippen molar-refractivity contribution in [3.05, 3.63) is 23.8 Å². The zero-order valence-electron chi connectivity index (χ0n) is 13.8. The number of ether oxygens (including phenoxy) is 1. The van der Waals surface area contributed by atoms with Crippen LogP contribution in [0.2, 0.25) is 0 Å². The Hall–Kier alpha value is -1.19. The molecule has 4 N–H and O–H groups in total. The topological polar surface area (TPSA) is 111 Å². The number of anilines is 1. The maximum Gasteiger partial charge on any atom is 0.240 e. The van der Waals surface area contributed by atoms with Crippen LogP contribution in [0.3, 0.4) is 0 Å². The number of hydrogen-bond donors (Lipinski definition) is 3. The Bertz CT molecular complexity index is 688. The number of benzene rings is 1. The van der Waals surface area contributed by atoms with Gasteiger partial charge in [-0.15, -0.1) is 12.4 Å². The van der Waals surface area contributed by atoms with E-state index in [1.807, 2.05) is 0 Å². The smallest absolute Gasteiger partial charge is 0.240 e. The SMILES string of the molecule is CNS(=O)(=O)c1cc(NC(=O)C2(CN)CCOCC2)ccc1C.Cl. The molecule has 0 unspecified atom stereocenters. The molecule has 0 saturated carbocycles. The average Bonchev–Trinajstić information content (AvgIpc) is 2.57. The Morgan fingerprint density at radius 2 is 1.96 bits per heavy atom. The first-order valence-electron chi connectivity index (χ1n) is 7.48. The molecule has 1 saturated heterocycles. The molecule has 0 radical (unpaired) electrons. The van der Waals surface area contributed by atoms with Gasteiger partial charge in [0, 0.05) is 25.4 Å². The third kappa shape index (κ3) is 4.25. The normalized spacial score (nSPS) is 17.0. The minimum Gasteiger partial charge on any atom is -0.381 e. The quantitative estimate of drug-likeness (QED) is 0.709. The van der Waals surface area contributed by atoms with E-state index in [1.165, 1.54) is 13.1 Å². The van der Waals surface area contributed by atoms with E-state index >= 15 is 0 Å². The van der Waals surface area contributed by atoms with Crippen LogP contribution >= 0.6 is 12.4 Å². The largest absolute Gasteiger partial charge is 0.381 e. The lowest BCUT2D eigenvalue weighted by Crippen LogP contribution is -2.46. The van der Waals surface area contributed by atoms with Crippen molar-refractivity contribution in [1.29, 1.82) is 0 Å². The molecule has 1 aromatic rings. The van der Waals surface area contributed by atoms with Gasteiger partial charge in [0.05, 0.1) is 10.3 Å². The second-order valence-electron chi connectivity index (χ2n) is 5.74. The van der Waals surface area contributed by atoms with Crippen molar-refractivity contribution in [1.82, 2.24) is 4.72 Å². The lowest BCUT2D eigenvalue weighted by Gasteiger charge is -2.34. The first-order chi connectivity index (χ1) is 10.8. The highest BCUT2D eigenvalue weighted by Gasteiger charge is 2.38. The van der Waals surface area contributed by atoms with Crippen molar-refractivity contribution < 1.29 is 17.9 Å². The predicted octanol–water partition coefficient (Wildman–Crippen LogP) is 1.02. The summed E-state index contributed by atoms with van der Waals surface area (Å²) in [5, 5.41) is 2.80. The van der Waals surface area contributed by atoms with E-state index in [4.69, 9.17) is 10.5 Å². The summed E-state index contributed by atoms with van der Waals surface area (Å²) in [7, 11) is -2.23. The molecule has 1 amide bonds. The molecule has 1 aromatic carbocycles. The third-order valence-electron chi connectivity index (χ3n) is 4.33. The second-order valence-corrected chi connectivity index (χ2v) is 7.59. The Kier molecular flexibility index (Phi) is 7.18. The van der Waals surface area contributed by atoms with Gasteiger partial charge in [-0.05, 0) is 44.5 Å². The highest BCUT2D eigenvalue weighted by Crippen LogP contribution is 2.31. The summed E-state index contributed by atoms with van der Waals surface area (Å²) in [6.07, 6.45) is 1.12. The Morgan fingerprint density at radius 1 is 1.33 bits per heavy atom. The van der Waals surface area contributed by atoms with E-state index < -0.39 is 15.4 Å². The van der Waals surface area contributed by atoms with Gasteiger partial charge in [0.25, 0.3) is 0 Å². The van der Waals surface area contributed by atoms with Crippen LogP contribution in [0, 0.1) is 12.3 Å². The fourth-order valence-electron chi connectivity index (χ4n) is 2.63. The molecule has 0 bridgehead atoms. The number of amides is 1. The fourth-order valence-corrected chi connectivity index (χ4v) is 3.62. The minimum atomic E-state index is -3.58. The number of sulfonamides is 1. The molecule has 24 heavy (non-hydrogen) atoms. The number of nitrogens with two attached hydrogens (primary N) is 1. The molecule has 0 atom stereocenters. The molecule has 2 rings (SSSR count). The number of hydrogen-bond acceptors (Lipinski definition) is 5. The number of aryl methyl sites for hydroxylation is 1. The lowest BCUT2D eigenvalue weighted by molar-refractivity contribution is -0.130. The summed E-state index contributed by atoms with van der Waals surface area (Å²) in [5.74, 6) is -0.194. The standard InChI is InChI=1S/C15H23N3O4S.ClH/c1-11-3-4-12(9-13(11)23(20,21)17-2)18-14(19)15(10-16)5-7-22-8-6-15;/h3-4,9,17H,5-8,10,16H2,1-2H3,(H,18,19);1H. The van der Waals surface area contributed by atoms with Gasteiger partial charge in [0.2, 0.25) is 15.9 Å². The molecular weight excluding hydrogens is 354 g/mol. The monoisotopic (exact) mass is 377 g/mol. The van der Waals surface area contributed by atoms with Gasteiger partial charge in [0.15, 0.2) is 0 Å². The molecule has 0 aromatic heterocycles. The number of nitrogens with one attached hydrogen (secondary N) is 2. The number of rotatable bonds is 5. The van der Waals surface area contributed by atoms with Crippen LogP contribution in [0.4, 0.5) is 5.69 Å². The van der Waals surface area contributed by atoms with Crippen molar-refractivity contribution in [2.24, 2.45) is 11.1 Å². The molecular formula is C15H24ClN3O4S. The fraction of sp³-hybridized carbons (Fsp3) is 0.533. The summed E-state index contributed by atoms with van der Waals surface area (Å²) < 4.78 is 31.6. The summed E-state index contributed by atoms with van der Waals surface area (Å²) in [4.78, 5) is 12.8. The van der Waals surface area contributed by atoms with E-state index in [-0.39, 0.29) is 29.8 Å². The maximum absolute atomic E-state index is 12.6. The van der Waals surface area contributed by atoms with Gasteiger partial charge >= 0.3 is 0 Å². The van der Waals surface area contributed by atoms with E-state index in [0.29, 0.717) is 37.3 Å². The molecule has 0 spiro atoms. The Labute approximate surface area is 148 Å². The van der Waals surface area contributed by atoms with Crippen LogP contribution in [0.15, 0.2) is 23.1 Å². The number of carbonyl (C=O) groups is 1. The Balaban J connectivity index is 0.00000288. The Morgan fingerprint density at radius 3 is 2.50 bits per heavy atom. The lowest BCUT2D eigenvalue weighted by atomic mass is 9.79. The van der Waals surface area contributed by atoms with Gasteiger partial charge < -0.3 is 15.8 Å². The average molecular weight is 378 g/mol. The van der Waals surface area contributed by atoms with Crippen molar-refractivity contribution >= 4 is 34.0 Å². The highest BCUT2D eigenvalue weighted by molar-refractivity contribution is 7.89. The second kappa shape index (κ2) is 8.26. The molecule has 136 valence electrons. The van der Waals surface area contributed by atoms with Crippen molar-refractivity contribution in [3.8, 4) is 0 Å². The first-order valence-corrected chi connectivity index (χ1v) is 8.96. The molecule has 1 aliphatic heterocycles. The van der Waals surface area contributed by atoms with Gasteiger partial charge in [-0.1, -0.05) is 6.07 Å². The molecule has 9 heteroatoms. The van der Waals surface area contributed by atoms with Crippen LogP contribution in [0.5, 0.6) is 0 Å². The minimum absolute atomic E-state index is 0. The summed E-state index contributed by atoms with van der Waals surface area (Å²) in [5.41, 5.74) is 6.20. The van der Waals surface area contributed by atoms with Gasteiger partial charge in [0.1, 0.15) is 0 Å². The van der Waals surface area contributed by atoms with Gasteiger partial charge in [-0.25, -0.2) is 13.1 Å². The van der Waals surface area contributed by atoms with E-state index in [0.717, 1.165) is 0 Å². The molecule has 0 aliphatic carbocycles. The zero-order chi connectivity index (χ0) is 17.1. The van der Waals surface area contributed by atoms with E-state index in [1.54, 1.807) is 19.1 Å². The predicted molar refractivity (Wildman–Crippen MR) is 94.8 cm³/mol. The van der Waals surface area contributed by atoms with Crippen molar-refractivity contribution in [3.63, 3.8) is 0 Å². The van der Waals surface area contributed by atoms with Crippen LogP contribution in [-0.4, -0.2) is 41.1 Å². The van der Waals surface area contributed by atoms with Gasteiger partial charge in [-0.2, -0.15) is 0 Å². The number of carbonyl (C=O) groups excluding carboxylic acids is 1. The first kappa shape index (κ1) is 20.9. The van der Waals surface area contributed by atoms with Crippen LogP contribution < -0.4 is 15.8 Å². The van der Waals surface area contributed by atoms with Crippen LogP contribution in [0.25, 0.3) is 0 Å². The summed E-state index contributed by atoms with van der Waals surface area (Å²) >= 11 is 0. The van der Waals surface area contributed by atoms with E-state index in [9.17, 15) is 13.2 Å². The summed E-state index contributed by atoms with van der Waals surface area (Å²) in [6.45, 7) is 2.93. The summed E-state index contributed by atoms with van der Waals surface area (Å²) in [6, 6.07) is 4.81. The molecule has 1 heterocycles.